The Bertz CT molecular complexity index is 573. The molecule has 0 aliphatic rings. The Hall–Kier alpha value is -1.29. The SMILES string of the molecule is CCC(CC)N(C)c1c(CBr)c(C)nn1-c1ccccc1. The summed E-state index contributed by atoms with van der Waals surface area (Å²) in [6.45, 7) is 6.57. The molecule has 0 N–H and O–H groups in total. The lowest BCUT2D eigenvalue weighted by Crippen LogP contribution is -2.32. The zero-order valence-electron chi connectivity index (χ0n) is 13.3. The standard InChI is InChI=1S/C17H24BrN3/c1-5-14(6-2)20(4)17-16(12-18)13(3)19-21(17)15-10-8-7-9-11-15/h7-11,14H,5-6,12H2,1-4H3. The van der Waals surface area contributed by atoms with Crippen molar-refractivity contribution >= 4 is 21.7 Å². The number of hydrogen-bond donors (Lipinski definition) is 0. The van der Waals surface area contributed by atoms with E-state index in [9.17, 15) is 0 Å². The van der Waals surface area contributed by atoms with Gasteiger partial charge in [-0.2, -0.15) is 5.10 Å². The van der Waals surface area contributed by atoms with Crippen molar-refractivity contribution in [3.8, 4) is 5.69 Å². The van der Waals surface area contributed by atoms with E-state index in [4.69, 9.17) is 5.10 Å². The predicted molar refractivity (Wildman–Crippen MR) is 93.7 cm³/mol. The lowest BCUT2D eigenvalue weighted by molar-refractivity contribution is 0.579. The van der Waals surface area contributed by atoms with Gasteiger partial charge in [0.1, 0.15) is 5.82 Å². The van der Waals surface area contributed by atoms with Gasteiger partial charge in [-0.15, -0.1) is 0 Å². The molecule has 0 bridgehead atoms. The Morgan fingerprint density at radius 2 is 1.81 bits per heavy atom. The summed E-state index contributed by atoms with van der Waals surface area (Å²) in [7, 11) is 2.18. The van der Waals surface area contributed by atoms with Crippen LogP contribution < -0.4 is 4.90 Å². The quantitative estimate of drug-likeness (QED) is 0.704. The molecule has 4 heteroatoms. The molecule has 0 radical (unpaired) electrons. The van der Waals surface area contributed by atoms with Crippen LogP contribution in [-0.4, -0.2) is 22.9 Å². The smallest absolute Gasteiger partial charge is 0.136 e. The van der Waals surface area contributed by atoms with Gasteiger partial charge in [-0.05, 0) is 31.9 Å². The maximum Gasteiger partial charge on any atom is 0.136 e. The van der Waals surface area contributed by atoms with Gasteiger partial charge in [-0.25, -0.2) is 4.68 Å². The minimum Gasteiger partial charge on any atom is -0.356 e. The van der Waals surface area contributed by atoms with Crippen molar-refractivity contribution in [2.24, 2.45) is 0 Å². The Labute approximate surface area is 136 Å². The molecule has 21 heavy (non-hydrogen) atoms. The highest BCUT2D eigenvalue weighted by Gasteiger charge is 2.22. The molecule has 0 atom stereocenters. The number of rotatable bonds is 6. The second-order valence-electron chi connectivity index (χ2n) is 5.35. The monoisotopic (exact) mass is 349 g/mol. The van der Waals surface area contributed by atoms with Crippen LogP contribution in [0.15, 0.2) is 30.3 Å². The highest BCUT2D eigenvalue weighted by molar-refractivity contribution is 9.08. The molecule has 0 saturated heterocycles. The maximum absolute atomic E-state index is 4.77. The van der Waals surface area contributed by atoms with Crippen molar-refractivity contribution in [2.45, 2.75) is 45.0 Å². The van der Waals surface area contributed by atoms with Gasteiger partial charge < -0.3 is 4.90 Å². The van der Waals surface area contributed by atoms with E-state index in [1.54, 1.807) is 0 Å². The first-order chi connectivity index (χ1) is 10.1. The molecule has 3 nitrogen and oxygen atoms in total. The third-order valence-electron chi connectivity index (χ3n) is 4.12. The fraction of sp³-hybridized carbons (Fsp3) is 0.471. The summed E-state index contributed by atoms with van der Waals surface area (Å²) >= 11 is 3.63. The minimum atomic E-state index is 0.529. The number of alkyl halides is 1. The molecule has 0 aliphatic heterocycles. The van der Waals surface area contributed by atoms with E-state index in [2.05, 4.69) is 77.6 Å². The summed E-state index contributed by atoms with van der Waals surface area (Å²) in [5.74, 6) is 1.20. The van der Waals surface area contributed by atoms with E-state index in [-0.39, 0.29) is 0 Å². The number of aryl methyl sites for hydroxylation is 1. The van der Waals surface area contributed by atoms with Gasteiger partial charge >= 0.3 is 0 Å². The Kier molecular flexibility index (Phi) is 5.45. The number of hydrogen-bond acceptors (Lipinski definition) is 2. The molecule has 0 fully saturated rings. The highest BCUT2D eigenvalue weighted by Crippen LogP contribution is 2.30. The number of benzene rings is 1. The lowest BCUT2D eigenvalue weighted by atomic mass is 10.1. The van der Waals surface area contributed by atoms with Crippen molar-refractivity contribution in [3.05, 3.63) is 41.6 Å². The van der Waals surface area contributed by atoms with E-state index in [0.717, 1.165) is 29.6 Å². The molecule has 2 aromatic rings. The number of anilines is 1. The van der Waals surface area contributed by atoms with Gasteiger partial charge in [-0.1, -0.05) is 48.0 Å². The summed E-state index contributed by atoms with van der Waals surface area (Å²) in [6, 6.07) is 10.9. The molecule has 0 unspecified atom stereocenters. The molecule has 0 saturated carbocycles. The van der Waals surface area contributed by atoms with Crippen LogP contribution in [0.4, 0.5) is 5.82 Å². The molecule has 1 aromatic heterocycles. The summed E-state index contributed by atoms with van der Waals surface area (Å²) in [5.41, 5.74) is 3.47. The molecule has 0 amide bonds. The van der Waals surface area contributed by atoms with E-state index in [1.807, 2.05) is 6.07 Å². The Balaban J connectivity index is 2.57. The first-order valence-electron chi connectivity index (χ1n) is 7.56. The summed E-state index contributed by atoms with van der Waals surface area (Å²) < 4.78 is 2.07. The van der Waals surface area contributed by atoms with Gasteiger partial charge in [0.2, 0.25) is 0 Å². The second-order valence-corrected chi connectivity index (χ2v) is 5.91. The molecule has 1 aromatic carbocycles. The fourth-order valence-electron chi connectivity index (χ4n) is 2.82. The maximum atomic E-state index is 4.77. The van der Waals surface area contributed by atoms with Crippen LogP contribution in [0.25, 0.3) is 5.69 Å². The normalized spacial score (nSPS) is 11.1. The summed E-state index contributed by atoms with van der Waals surface area (Å²) in [5, 5.41) is 5.59. The van der Waals surface area contributed by atoms with E-state index in [0.29, 0.717) is 6.04 Å². The number of halogens is 1. The van der Waals surface area contributed by atoms with Crippen LogP contribution >= 0.6 is 15.9 Å². The molecule has 114 valence electrons. The minimum absolute atomic E-state index is 0.529. The summed E-state index contributed by atoms with van der Waals surface area (Å²) in [6.07, 6.45) is 2.27. The van der Waals surface area contributed by atoms with Crippen LogP contribution in [0.2, 0.25) is 0 Å². The van der Waals surface area contributed by atoms with Crippen molar-refractivity contribution < 1.29 is 0 Å². The van der Waals surface area contributed by atoms with Gasteiger partial charge in [0.25, 0.3) is 0 Å². The number of nitrogens with zero attached hydrogens (tertiary/aromatic N) is 3. The van der Waals surface area contributed by atoms with Gasteiger partial charge in [0.05, 0.1) is 11.4 Å². The highest BCUT2D eigenvalue weighted by atomic mass is 79.9. The topological polar surface area (TPSA) is 21.1 Å². The van der Waals surface area contributed by atoms with E-state index >= 15 is 0 Å². The van der Waals surface area contributed by atoms with Crippen LogP contribution in [0, 0.1) is 6.92 Å². The van der Waals surface area contributed by atoms with E-state index < -0.39 is 0 Å². The van der Waals surface area contributed by atoms with Gasteiger partial charge in [-0.3, -0.25) is 0 Å². The van der Waals surface area contributed by atoms with Crippen molar-refractivity contribution in [1.82, 2.24) is 9.78 Å². The number of aromatic nitrogens is 2. The van der Waals surface area contributed by atoms with E-state index in [1.165, 1.54) is 11.4 Å². The molecule has 2 rings (SSSR count). The average Bonchev–Trinajstić information content (AvgIpc) is 2.85. The second kappa shape index (κ2) is 7.12. The van der Waals surface area contributed by atoms with Gasteiger partial charge in [0.15, 0.2) is 0 Å². The van der Waals surface area contributed by atoms with Crippen LogP contribution in [0.1, 0.15) is 37.9 Å². The molecule has 0 aliphatic carbocycles. The van der Waals surface area contributed by atoms with Crippen molar-refractivity contribution in [2.75, 3.05) is 11.9 Å². The zero-order valence-corrected chi connectivity index (χ0v) is 14.9. The number of para-hydroxylation sites is 1. The largest absolute Gasteiger partial charge is 0.356 e. The Morgan fingerprint density at radius 3 is 2.33 bits per heavy atom. The first-order valence-corrected chi connectivity index (χ1v) is 8.68. The van der Waals surface area contributed by atoms with Crippen molar-refractivity contribution in [3.63, 3.8) is 0 Å². The van der Waals surface area contributed by atoms with Crippen LogP contribution in [0.3, 0.4) is 0 Å². The molecular formula is C17H24BrN3. The third kappa shape index (κ3) is 3.15. The first kappa shape index (κ1) is 16.1. The Morgan fingerprint density at radius 1 is 1.19 bits per heavy atom. The molecule has 0 spiro atoms. The van der Waals surface area contributed by atoms with Crippen LogP contribution in [-0.2, 0) is 5.33 Å². The predicted octanol–water partition coefficient (Wildman–Crippen LogP) is 4.70. The summed E-state index contributed by atoms with van der Waals surface area (Å²) in [4.78, 5) is 2.38. The zero-order chi connectivity index (χ0) is 15.4. The lowest BCUT2D eigenvalue weighted by Gasteiger charge is -2.29. The molecule has 1 heterocycles. The van der Waals surface area contributed by atoms with Crippen molar-refractivity contribution in [1.29, 1.82) is 0 Å². The molecular weight excluding hydrogens is 326 g/mol. The van der Waals surface area contributed by atoms with Crippen LogP contribution in [0.5, 0.6) is 0 Å². The average molecular weight is 350 g/mol. The fourth-order valence-corrected chi connectivity index (χ4v) is 3.48. The van der Waals surface area contributed by atoms with Gasteiger partial charge in [0, 0.05) is 24.0 Å². The third-order valence-corrected chi connectivity index (χ3v) is 4.68.